The van der Waals surface area contributed by atoms with Crippen LogP contribution in [-0.4, -0.2) is 31.7 Å². The van der Waals surface area contributed by atoms with Crippen molar-refractivity contribution in [3.05, 3.63) is 24.3 Å². The fraction of sp³-hybridized carbons (Fsp3) is 0.600. The molecule has 0 radical (unpaired) electrons. The Bertz CT molecular complexity index is 347. The van der Waals surface area contributed by atoms with Gasteiger partial charge in [-0.1, -0.05) is 25.5 Å². The summed E-state index contributed by atoms with van der Waals surface area (Å²) in [6, 6.07) is 7.73. The predicted molar refractivity (Wildman–Crippen MR) is 80.5 cm³/mol. The quantitative estimate of drug-likeness (QED) is 0.527. The summed E-state index contributed by atoms with van der Waals surface area (Å²) in [5.41, 5.74) is 0. The SMILES string of the molecule is CCCC(Cl)CNCCOc1ccccc1OCC. The van der Waals surface area contributed by atoms with Crippen molar-refractivity contribution in [2.45, 2.75) is 32.1 Å². The molecule has 4 heteroatoms. The van der Waals surface area contributed by atoms with E-state index in [4.69, 9.17) is 21.1 Å². The van der Waals surface area contributed by atoms with Gasteiger partial charge in [-0.15, -0.1) is 11.6 Å². The molecule has 0 saturated carbocycles. The molecule has 0 aliphatic heterocycles. The second-order valence-electron chi connectivity index (χ2n) is 4.32. The third kappa shape index (κ3) is 6.69. The van der Waals surface area contributed by atoms with Crippen LogP contribution in [0.4, 0.5) is 0 Å². The van der Waals surface area contributed by atoms with Crippen molar-refractivity contribution in [1.82, 2.24) is 5.32 Å². The molecule has 0 aliphatic carbocycles. The lowest BCUT2D eigenvalue weighted by molar-refractivity contribution is 0.276. The zero-order valence-electron chi connectivity index (χ0n) is 11.8. The summed E-state index contributed by atoms with van der Waals surface area (Å²) in [7, 11) is 0. The van der Waals surface area contributed by atoms with Crippen LogP contribution in [0.25, 0.3) is 0 Å². The fourth-order valence-electron chi connectivity index (χ4n) is 1.75. The number of benzene rings is 1. The summed E-state index contributed by atoms with van der Waals surface area (Å²) >= 11 is 6.12. The Hall–Kier alpha value is -0.930. The molecule has 1 aromatic carbocycles. The van der Waals surface area contributed by atoms with Crippen molar-refractivity contribution in [3.63, 3.8) is 0 Å². The molecule has 0 bridgehead atoms. The van der Waals surface area contributed by atoms with Crippen molar-refractivity contribution in [2.24, 2.45) is 0 Å². The molecular formula is C15H24ClNO2. The number of ether oxygens (including phenoxy) is 2. The Labute approximate surface area is 121 Å². The van der Waals surface area contributed by atoms with Crippen LogP contribution < -0.4 is 14.8 Å². The second kappa shape index (κ2) is 9.93. The highest BCUT2D eigenvalue weighted by molar-refractivity contribution is 6.20. The monoisotopic (exact) mass is 285 g/mol. The van der Waals surface area contributed by atoms with E-state index < -0.39 is 0 Å². The number of nitrogens with one attached hydrogen (secondary N) is 1. The number of para-hydroxylation sites is 2. The average Bonchev–Trinajstić information content (AvgIpc) is 2.41. The Morgan fingerprint density at radius 3 is 2.47 bits per heavy atom. The maximum Gasteiger partial charge on any atom is 0.161 e. The fourth-order valence-corrected chi connectivity index (χ4v) is 2.08. The van der Waals surface area contributed by atoms with Crippen LogP contribution in [-0.2, 0) is 0 Å². The van der Waals surface area contributed by atoms with Gasteiger partial charge in [-0.05, 0) is 25.5 Å². The molecule has 0 aliphatic rings. The highest BCUT2D eigenvalue weighted by atomic mass is 35.5. The third-order valence-corrected chi connectivity index (χ3v) is 3.03. The Kier molecular flexibility index (Phi) is 8.43. The smallest absolute Gasteiger partial charge is 0.161 e. The maximum absolute atomic E-state index is 6.12. The van der Waals surface area contributed by atoms with Gasteiger partial charge in [0.25, 0.3) is 0 Å². The molecule has 3 nitrogen and oxygen atoms in total. The van der Waals surface area contributed by atoms with Crippen LogP contribution in [0.3, 0.4) is 0 Å². The number of hydrogen-bond donors (Lipinski definition) is 1. The van der Waals surface area contributed by atoms with Crippen molar-refractivity contribution in [3.8, 4) is 11.5 Å². The lowest BCUT2D eigenvalue weighted by Crippen LogP contribution is -2.27. The summed E-state index contributed by atoms with van der Waals surface area (Å²) < 4.78 is 11.2. The van der Waals surface area contributed by atoms with Gasteiger partial charge in [-0.3, -0.25) is 0 Å². The Balaban J connectivity index is 2.22. The van der Waals surface area contributed by atoms with E-state index in [1.54, 1.807) is 0 Å². The van der Waals surface area contributed by atoms with Crippen LogP contribution in [0.1, 0.15) is 26.7 Å². The van der Waals surface area contributed by atoms with E-state index in [9.17, 15) is 0 Å². The molecule has 0 amide bonds. The van der Waals surface area contributed by atoms with E-state index in [1.165, 1.54) is 0 Å². The largest absolute Gasteiger partial charge is 0.490 e. The summed E-state index contributed by atoms with van der Waals surface area (Å²) in [6.45, 7) is 6.97. The topological polar surface area (TPSA) is 30.5 Å². The molecule has 1 atom stereocenters. The van der Waals surface area contributed by atoms with Gasteiger partial charge < -0.3 is 14.8 Å². The minimum atomic E-state index is 0.209. The molecule has 0 fully saturated rings. The van der Waals surface area contributed by atoms with Crippen LogP contribution >= 0.6 is 11.6 Å². The first kappa shape index (κ1) is 16.1. The molecule has 19 heavy (non-hydrogen) atoms. The second-order valence-corrected chi connectivity index (χ2v) is 4.94. The van der Waals surface area contributed by atoms with E-state index in [1.807, 2.05) is 31.2 Å². The predicted octanol–water partition coefficient (Wildman–Crippen LogP) is 3.46. The average molecular weight is 286 g/mol. The lowest BCUT2D eigenvalue weighted by Gasteiger charge is -2.13. The van der Waals surface area contributed by atoms with Crippen LogP contribution in [0.5, 0.6) is 11.5 Å². The van der Waals surface area contributed by atoms with E-state index in [2.05, 4.69) is 12.2 Å². The van der Waals surface area contributed by atoms with Gasteiger partial charge in [0.05, 0.1) is 6.61 Å². The summed E-state index contributed by atoms with van der Waals surface area (Å²) in [5.74, 6) is 1.59. The third-order valence-electron chi connectivity index (χ3n) is 2.65. The summed E-state index contributed by atoms with van der Waals surface area (Å²) in [4.78, 5) is 0. The standard InChI is InChI=1S/C15H24ClNO2/c1-3-7-13(16)12-17-10-11-19-15-9-6-5-8-14(15)18-4-2/h5-6,8-9,13,17H,3-4,7,10-12H2,1-2H3. The van der Waals surface area contributed by atoms with Crippen molar-refractivity contribution in [2.75, 3.05) is 26.3 Å². The molecule has 0 heterocycles. The highest BCUT2D eigenvalue weighted by Crippen LogP contribution is 2.25. The molecule has 1 N–H and O–H groups in total. The summed E-state index contributed by atoms with van der Waals surface area (Å²) in [6.07, 6.45) is 2.16. The molecule has 108 valence electrons. The van der Waals surface area contributed by atoms with Gasteiger partial charge in [0.15, 0.2) is 11.5 Å². The van der Waals surface area contributed by atoms with Gasteiger partial charge in [-0.25, -0.2) is 0 Å². The first-order chi connectivity index (χ1) is 9.27. The molecule has 1 rings (SSSR count). The minimum Gasteiger partial charge on any atom is -0.490 e. The molecular weight excluding hydrogens is 262 g/mol. The van der Waals surface area contributed by atoms with E-state index >= 15 is 0 Å². The zero-order valence-corrected chi connectivity index (χ0v) is 12.6. The highest BCUT2D eigenvalue weighted by Gasteiger charge is 2.04. The van der Waals surface area contributed by atoms with Crippen molar-refractivity contribution in [1.29, 1.82) is 0 Å². The first-order valence-electron chi connectivity index (χ1n) is 6.97. The number of halogens is 1. The minimum absolute atomic E-state index is 0.209. The number of alkyl halides is 1. The Morgan fingerprint density at radius 1 is 1.16 bits per heavy atom. The van der Waals surface area contributed by atoms with Gasteiger partial charge in [0, 0.05) is 18.5 Å². The van der Waals surface area contributed by atoms with Crippen LogP contribution in [0.15, 0.2) is 24.3 Å². The molecule has 1 aromatic rings. The first-order valence-corrected chi connectivity index (χ1v) is 7.41. The number of hydrogen-bond acceptors (Lipinski definition) is 3. The molecule has 1 unspecified atom stereocenters. The van der Waals surface area contributed by atoms with Gasteiger partial charge in [-0.2, -0.15) is 0 Å². The van der Waals surface area contributed by atoms with E-state index in [-0.39, 0.29) is 5.38 Å². The van der Waals surface area contributed by atoms with Crippen molar-refractivity contribution < 1.29 is 9.47 Å². The molecule has 0 spiro atoms. The zero-order chi connectivity index (χ0) is 13.9. The van der Waals surface area contributed by atoms with E-state index in [0.717, 1.165) is 37.4 Å². The van der Waals surface area contributed by atoms with Crippen LogP contribution in [0, 0.1) is 0 Å². The van der Waals surface area contributed by atoms with Gasteiger partial charge in [0.1, 0.15) is 6.61 Å². The van der Waals surface area contributed by atoms with E-state index in [0.29, 0.717) is 13.2 Å². The van der Waals surface area contributed by atoms with Gasteiger partial charge in [0.2, 0.25) is 0 Å². The van der Waals surface area contributed by atoms with Gasteiger partial charge >= 0.3 is 0 Å². The molecule has 0 saturated heterocycles. The maximum atomic E-state index is 6.12. The Morgan fingerprint density at radius 2 is 1.84 bits per heavy atom. The van der Waals surface area contributed by atoms with Crippen molar-refractivity contribution >= 4 is 11.6 Å². The molecule has 0 aromatic heterocycles. The normalized spacial score (nSPS) is 12.2. The summed E-state index contributed by atoms with van der Waals surface area (Å²) in [5, 5.41) is 3.50. The number of rotatable bonds is 10. The lowest BCUT2D eigenvalue weighted by atomic mass is 10.2. The van der Waals surface area contributed by atoms with Crippen LogP contribution in [0.2, 0.25) is 0 Å².